The number of nitrogens with zero attached hydrogens (tertiary/aromatic N) is 2. The lowest BCUT2D eigenvalue weighted by Gasteiger charge is -2.34. The van der Waals surface area contributed by atoms with Gasteiger partial charge in [0.15, 0.2) is 0 Å². The zero-order chi connectivity index (χ0) is 10.6. The van der Waals surface area contributed by atoms with Gasteiger partial charge in [0.25, 0.3) is 0 Å². The minimum atomic E-state index is -0.219. The molecule has 1 atom stereocenters. The Bertz CT molecular complexity index is 197. The molecule has 0 unspecified atom stereocenters. The van der Waals surface area contributed by atoms with Crippen LogP contribution in [-0.4, -0.2) is 49.2 Å². The zero-order valence-corrected chi connectivity index (χ0v) is 8.99. The molecular formula is C9H20N4O. The Morgan fingerprint density at radius 1 is 1.64 bits per heavy atom. The first-order valence-corrected chi connectivity index (χ1v) is 5.09. The standard InChI is InChI=1S/C9H20N4O/c1-11-9(14)13(10)7-8-5-3-4-6-12(8)2/h8H,3-7,10H2,1-2H3,(H,11,14)/t8-/m1/s1. The van der Waals surface area contributed by atoms with Gasteiger partial charge >= 0.3 is 6.03 Å². The van der Waals surface area contributed by atoms with Crippen molar-refractivity contribution in [1.29, 1.82) is 0 Å². The van der Waals surface area contributed by atoms with Gasteiger partial charge in [-0.05, 0) is 26.4 Å². The highest BCUT2D eigenvalue weighted by Gasteiger charge is 2.21. The molecular weight excluding hydrogens is 180 g/mol. The summed E-state index contributed by atoms with van der Waals surface area (Å²) in [5.74, 6) is 5.62. The van der Waals surface area contributed by atoms with Crippen LogP contribution in [0.3, 0.4) is 0 Å². The summed E-state index contributed by atoms with van der Waals surface area (Å²) in [6.07, 6.45) is 3.61. The molecule has 5 nitrogen and oxygen atoms in total. The van der Waals surface area contributed by atoms with Crippen LogP contribution in [0.1, 0.15) is 19.3 Å². The minimum absolute atomic E-state index is 0.219. The van der Waals surface area contributed by atoms with E-state index in [-0.39, 0.29) is 6.03 Å². The monoisotopic (exact) mass is 200 g/mol. The van der Waals surface area contributed by atoms with E-state index < -0.39 is 0 Å². The summed E-state index contributed by atoms with van der Waals surface area (Å²) in [4.78, 5) is 13.4. The Labute approximate surface area is 85.2 Å². The van der Waals surface area contributed by atoms with Gasteiger partial charge in [-0.1, -0.05) is 6.42 Å². The highest BCUT2D eigenvalue weighted by molar-refractivity contribution is 5.73. The van der Waals surface area contributed by atoms with Gasteiger partial charge < -0.3 is 10.2 Å². The zero-order valence-electron chi connectivity index (χ0n) is 8.99. The first kappa shape index (κ1) is 11.3. The van der Waals surface area contributed by atoms with Crippen molar-refractivity contribution in [3.63, 3.8) is 0 Å². The van der Waals surface area contributed by atoms with Gasteiger partial charge in [0.05, 0.1) is 6.54 Å². The smallest absolute Gasteiger partial charge is 0.331 e. The number of rotatable bonds is 2. The summed E-state index contributed by atoms with van der Waals surface area (Å²) >= 11 is 0. The Balaban J connectivity index is 2.38. The number of carbonyl (C=O) groups is 1. The van der Waals surface area contributed by atoms with E-state index in [4.69, 9.17) is 5.84 Å². The molecule has 1 saturated heterocycles. The Hall–Kier alpha value is -0.810. The average molecular weight is 200 g/mol. The van der Waals surface area contributed by atoms with Gasteiger partial charge in [0.1, 0.15) is 0 Å². The van der Waals surface area contributed by atoms with E-state index in [0.717, 1.165) is 13.0 Å². The highest BCUT2D eigenvalue weighted by Crippen LogP contribution is 2.15. The van der Waals surface area contributed by atoms with Crippen molar-refractivity contribution < 1.29 is 4.79 Å². The number of nitrogens with two attached hydrogens (primary N) is 1. The molecule has 1 aliphatic heterocycles. The van der Waals surface area contributed by atoms with Crippen LogP contribution in [0.5, 0.6) is 0 Å². The van der Waals surface area contributed by atoms with Crippen LogP contribution in [0.2, 0.25) is 0 Å². The third kappa shape index (κ3) is 2.85. The van der Waals surface area contributed by atoms with Crippen molar-refractivity contribution in [3.05, 3.63) is 0 Å². The van der Waals surface area contributed by atoms with Gasteiger partial charge in [0, 0.05) is 13.1 Å². The Morgan fingerprint density at radius 2 is 2.36 bits per heavy atom. The molecule has 3 N–H and O–H groups in total. The van der Waals surface area contributed by atoms with E-state index in [1.54, 1.807) is 7.05 Å². The van der Waals surface area contributed by atoms with E-state index in [2.05, 4.69) is 17.3 Å². The number of carbonyl (C=O) groups excluding carboxylic acids is 1. The minimum Gasteiger partial charge on any atom is -0.340 e. The largest absolute Gasteiger partial charge is 0.340 e. The molecule has 0 aromatic heterocycles. The number of amides is 2. The highest BCUT2D eigenvalue weighted by atomic mass is 16.2. The first-order chi connectivity index (χ1) is 6.65. The summed E-state index contributed by atoms with van der Waals surface area (Å²) in [5, 5.41) is 3.77. The molecule has 1 fully saturated rings. The number of nitrogens with one attached hydrogen (secondary N) is 1. The number of hydrazine groups is 1. The van der Waals surface area contributed by atoms with Gasteiger partial charge in [-0.3, -0.25) is 5.01 Å². The van der Waals surface area contributed by atoms with Crippen molar-refractivity contribution in [3.8, 4) is 0 Å². The summed E-state index contributed by atoms with van der Waals surface area (Å²) in [6, 6.07) is 0.190. The molecule has 0 aromatic rings. The summed E-state index contributed by atoms with van der Waals surface area (Å²) < 4.78 is 0. The molecule has 1 heterocycles. The molecule has 1 rings (SSSR count). The second-order valence-corrected chi connectivity index (χ2v) is 3.84. The van der Waals surface area contributed by atoms with Crippen LogP contribution in [0.15, 0.2) is 0 Å². The second kappa shape index (κ2) is 5.17. The van der Waals surface area contributed by atoms with Crippen molar-refractivity contribution in [2.75, 3.05) is 27.2 Å². The van der Waals surface area contributed by atoms with E-state index in [1.165, 1.54) is 17.9 Å². The Kier molecular flexibility index (Phi) is 4.16. The maximum Gasteiger partial charge on any atom is 0.331 e. The van der Waals surface area contributed by atoms with Crippen LogP contribution in [-0.2, 0) is 0 Å². The lowest BCUT2D eigenvalue weighted by atomic mass is 10.0. The van der Waals surface area contributed by atoms with Gasteiger partial charge in [0.2, 0.25) is 0 Å². The Morgan fingerprint density at radius 3 is 2.93 bits per heavy atom. The first-order valence-electron chi connectivity index (χ1n) is 5.09. The molecule has 0 spiro atoms. The predicted molar refractivity (Wildman–Crippen MR) is 55.6 cm³/mol. The van der Waals surface area contributed by atoms with Crippen LogP contribution in [0.25, 0.3) is 0 Å². The number of hydrogen-bond acceptors (Lipinski definition) is 3. The van der Waals surface area contributed by atoms with Crippen molar-refractivity contribution >= 4 is 6.03 Å². The second-order valence-electron chi connectivity index (χ2n) is 3.84. The number of hydrogen-bond donors (Lipinski definition) is 2. The normalized spacial score (nSPS) is 23.2. The molecule has 82 valence electrons. The molecule has 0 saturated carbocycles. The van der Waals surface area contributed by atoms with Crippen molar-refractivity contribution in [1.82, 2.24) is 15.2 Å². The van der Waals surface area contributed by atoms with E-state index in [1.807, 2.05) is 0 Å². The number of likely N-dealkylation sites (N-methyl/N-ethyl adjacent to an activating group) is 1. The summed E-state index contributed by atoms with van der Waals surface area (Å²) in [5.41, 5.74) is 0. The quantitative estimate of drug-likeness (QED) is 0.374. The fraction of sp³-hybridized carbons (Fsp3) is 0.889. The molecule has 14 heavy (non-hydrogen) atoms. The summed E-state index contributed by atoms with van der Waals surface area (Å²) in [7, 11) is 3.67. The van der Waals surface area contributed by atoms with Crippen LogP contribution in [0.4, 0.5) is 4.79 Å². The molecule has 5 heteroatoms. The van der Waals surface area contributed by atoms with E-state index in [9.17, 15) is 4.79 Å². The molecule has 0 aromatic carbocycles. The average Bonchev–Trinajstić information content (AvgIpc) is 2.20. The maximum atomic E-state index is 11.2. The number of urea groups is 1. The molecule has 0 bridgehead atoms. The van der Waals surface area contributed by atoms with E-state index in [0.29, 0.717) is 12.6 Å². The fourth-order valence-electron chi connectivity index (χ4n) is 1.83. The topological polar surface area (TPSA) is 61.6 Å². The van der Waals surface area contributed by atoms with Gasteiger partial charge in [-0.25, -0.2) is 10.6 Å². The van der Waals surface area contributed by atoms with Crippen LogP contribution < -0.4 is 11.2 Å². The third-order valence-electron chi connectivity index (χ3n) is 2.80. The summed E-state index contributed by atoms with van der Waals surface area (Å²) in [6.45, 7) is 1.71. The van der Waals surface area contributed by atoms with Crippen molar-refractivity contribution in [2.45, 2.75) is 25.3 Å². The SMILES string of the molecule is CNC(=O)N(N)C[C@H]1CCCCN1C. The van der Waals surface area contributed by atoms with E-state index >= 15 is 0 Å². The molecule has 0 aliphatic carbocycles. The lowest BCUT2D eigenvalue weighted by molar-refractivity contribution is 0.135. The van der Waals surface area contributed by atoms with Gasteiger partial charge in [-0.2, -0.15) is 0 Å². The van der Waals surface area contributed by atoms with Gasteiger partial charge in [-0.15, -0.1) is 0 Å². The molecule has 1 aliphatic rings. The fourth-order valence-corrected chi connectivity index (χ4v) is 1.83. The molecule has 0 radical (unpaired) electrons. The molecule has 2 amide bonds. The maximum absolute atomic E-state index is 11.2. The van der Waals surface area contributed by atoms with Crippen LogP contribution >= 0.6 is 0 Å². The number of likely N-dealkylation sites (tertiary alicyclic amines) is 1. The van der Waals surface area contributed by atoms with Crippen molar-refractivity contribution in [2.24, 2.45) is 5.84 Å². The van der Waals surface area contributed by atoms with Crippen LogP contribution in [0, 0.1) is 0 Å². The lowest BCUT2D eigenvalue weighted by Crippen LogP contribution is -2.51. The predicted octanol–water partition coefficient (Wildman–Crippen LogP) is -0.0142. The third-order valence-corrected chi connectivity index (χ3v) is 2.80. The number of piperidine rings is 1.